The van der Waals surface area contributed by atoms with E-state index in [1.165, 1.54) is 64.9 Å². The van der Waals surface area contributed by atoms with Crippen molar-refractivity contribution in [3.8, 4) is 69.0 Å². The maximum Gasteiger partial charge on any atom is 0.344 e. The predicted octanol–water partition coefficient (Wildman–Crippen LogP) is 30.2. The van der Waals surface area contributed by atoms with Gasteiger partial charge in [0.1, 0.15) is 0 Å². The van der Waals surface area contributed by atoms with Gasteiger partial charge in [-0.2, -0.15) is 0 Å². The molecule has 0 aliphatic carbocycles. The first-order valence-corrected chi connectivity index (χ1v) is 55.8. The van der Waals surface area contributed by atoms with Gasteiger partial charge >= 0.3 is 47.8 Å². The molecule has 830 valence electrons. The Morgan fingerprint density at radius 1 is 0.187 bits per heavy atom. The molecule has 26 heteroatoms. The highest BCUT2D eigenvalue weighted by molar-refractivity contribution is 5.95. The van der Waals surface area contributed by atoms with Crippen LogP contribution in [0.5, 0.6) is 69.0 Å². The van der Waals surface area contributed by atoms with Crippen molar-refractivity contribution in [2.24, 2.45) is 0 Å². The molecule has 0 heterocycles. The molecule has 0 atom stereocenters. The summed E-state index contributed by atoms with van der Waals surface area (Å²) in [5.74, 6) is -0.0899. The molecule has 0 spiro atoms. The van der Waals surface area contributed by atoms with Crippen LogP contribution in [0.1, 0.15) is 390 Å². The van der Waals surface area contributed by atoms with Crippen LogP contribution in [0.4, 0.5) is 0 Å². The van der Waals surface area contributed by atoms with Crippen molar-refractivity contribution in [1.29, 1.82) is 0 Å². The molecule has 0 unspecified atom stereocenters. The Balaban J connectivity index is 1.35. The SMILES string of the molecule is C=CC(=O)OCCCCCCCCCCCOc1cc(C(=O)Oc2c(OC)cc(/C=C/c3ccc(/C=C/c4cc(OC)c(OC(=O)c5cc(OCCCCCCCCCCCOC(=O)C=C)c(OCCCCCCCCCCCOC(=O)C=C)c(OCCCCCCCCCCCOC(=O)C=C)c5)c(OC)c4)cc3)cc2OC)cc(OCCCCCCCCCCCOC(=O)C=C)c1OCCCCCCCCCCCOC(=O)C=C. The number of rotatable bonds is 96. The second-order valence-electron chi connectivity index (χ2n) is 37.6. The molecule has 0 aromatic heterocycles. The largest absolute Gasteiger partial charge is 0.493 e. The number of hydrogen-bond acceptors (Lipinski definition) is 26. The van der Waals surface area contributed by atoms with Crippen molar-refractivity contribution in [3.05, 3.63) is 182 Å². The highest BCUT2D eigenvalue weighted by Gasteiger charge is 2.27. The van der Waals surface area contributed by atoms with Crippen LogP contribution >= 0.6 is 0 Å². The third-order valence-electron chi connectivity index (χ3n) is 25.5. The molecule has 0 fully saturated rings. The van der Waals surface area contributed by atoms with Crippen molar-refractivity contribution >= 4 is 72.1 Å². The van der Waals surface area contributed by atoms with E-state index < -0.39 is 35.8 Å². The predicted molar refractivity (Wildman–Crippen MR) is 595 cm³/mol. The van der Waals surface area contributed by atoms with E-state index in [1.807, 2.05) is 48.6 Å². The van der Waals surface area contributed by atoms with Crippen molar-refractivity contribution in [1.82, 2.24) is 0 Å². The zero-order valence-corrected chi connectivity index (χ0v) is 91.2. The molecule has 26 nitrogen and oxygen atoms in total. The summed E-state index contributed by atoms with van der Waals surface area (Å²) in [4.78, 5) is 98.3. The van der Waals surface area contributed by atoms with Crippen LogP contribution in [-0.2, 0) is 57.2 Å². The van der Waals surface area contributed by atoms with E-state index in [9.17, 15) is 38.4 Å². The summed E-state index contributed by atoms with van der Waals surface area (Å²) in [6.45, 7) is 25.6. The molecule has 5 rings (SSSR count). The lowest BCUT2D eigenvalue weighted by molar-refractivity contribution is -0.138. The van der Waals surface area contributed by atoms with E-state index >= 15 is 0 Å². The molecule has 0 saturated carbocycles. The number of unbranched alkanes of at least 4 members (excludes halogenated alkanes) is 48. The summed E-state index contributed by atoms with van der Waals surface area (Å²) in [5.41, 5.74) is 3.57. The lowest BCUT2D eigenvalue weighted by atomic mass is 10.1. The number of carbonyl (C=O) groups is 8. The highest BCUT2D eigenvalue weighted by atomic mass is 16.6. The molecular formula is C124H178O26. The third kappa shape index (κ3) is 59.4. The Morgan fingerprint density at radius 3 is 0.507 bits per heavy atom. The zero-order chi connectivity index (χ0) is 108. The topological polar surface area (TPSA) is 303 Å². The van der Waals surface area contributed by atoms with Crippen LogP contribution in [0.2, 0.25) is 0 Å². The molecule has 0 bridgehead atoms. The van der Waals surface area contributed by atoms with Gasteiger partial charge in [0, 0.05) is 36.5 Å². The quantitative estimate of drug-likeness (QED) is 0.00872. The van der Waals surface area contributed by atoms with Gasteiger partial charge in [-0.1, -0.05) is 358 Å². The maximum absolute atomic E-state index is 14.9. The van der Waals surface area contributed by atoms with Crippen molar-refractivity contribution < 1.29 is 124 Å². The van der Waals surface area contributed by atoms with Gasteiger partial charge < -0.3 is 85.3 Å². The molecule has 5 aromatic carbocycles. The Labute approximate surface area is 896 Å². The van der Waals surface area contributed by atoms with Crippen molar-refractivity contribution in [3.63, 3.8) is 0 Å². The Hall–Kier alpha value is -12.2. The number of ether oxygens (including phenoxy) is 18. The van der Waals surface area contributed by atoms with Gasteiger partial charge in [0.15, 0.2) is 46.0 Å². The third-order valence-corrected chi connectivity index (χ3v) is 25.5. The molecular weight excluding hydrogens is 1910 g/mol. The van der Waals surface area contributed by atoms with Crippen LogP contribution < -0.4 is 56.8 Å². The van der Waals surface area contributed by atoms with E-state index in [-0.39, 0.29) is 57.6 Å². The first-order valence-electron chi connectivity index (χ1n) is 55.8. The van der Waals surface area contributed by atoms with Gasteiger partial charge in [0.2, 0.25) is 23.0 Å². The van der Waals surface area contributed by atoms with Crippen LogP contribution in [0.15, 0.2) is 149 Å². The van der Waals surface area contributed by atoms with Crippen LogP contribution in [0.3, 0.4) is 0 Å². The molecule has 5 aromatic rings. The lowest BCUT2D eigenvalue weighted by Crippen LogP contribution is -2.13. The second kappa shape index (κ2) is 85.5. The summed E-state index contributed by atoms with van der Waals surface area (Å²) in [7, 11) is 6.04. The summed E-state index contributed by atoms with van der Waals surface area (Å²) in [6, 6.07) is 21.8. The van der Waals surface area contributed by atoms with E-state index in [0.29, 0.717) is 125 Å². The number of esters is 8. The first kappa shape index (κ1) is 128. The first-order chi connectivity index (χ1) is 73.4. The molecule has 0 N–H and O–H groups in total. The Morgan fingerprint density at radius 2 is 0.340 bits per heavy atom. The minimum atomic E-state index is -0.689. The van der Waals surface area contributed by atoms with E-state index in [2.05, 4.69) is 39.5 Å². The van der Waals surface area contributed by atoms with E-state index in [0.717, 1.165) is 358 Å². The van der Waals surface area contributed by atoms with Gasteiger partial charge in [-0.3, -0.25) is 0 Å². The number of carbonyl (C=O) groups excluding carboxylic acids is 8. The average molecular weight is 2080 g/mol. The van der Waals surface area contributed by atoms with Gasteiger partial charge in [-0.05, 0) is 148 Å². The molecule has 0 aliphatic rings. The fourth-order valence-electron chi connectivity index (χ4n) is 16.8. The molecule has 0 radical (unpaired) electrons. The van der Waals surface area contributed by atoms with E-state index in [4.69, 9.17) is 85.3 Å². The number of methoxy groups -OCH3 is 4. The van der Waals surface area contributed by atoms with Crippen molar-refractivity contribution in [2.45, 2.75) is 347 Å². The van der Waals surface area contributed by atoms with E-state index in [1.54, 1.807) is 48.5 Å². The van der Waals surface area contributed by atoms with Crippen LogP contribution in [0, 0.1) is 0 Å². The standard InChI is InChI=1S/C124H178O26/c1-11-113(125)141-83-63-51-39-27-17-23-35-47-59-79-137-109-95-103(96-110(138-80-60-48-36-24-18-28-40-52-64-84-142-114(126)12-2)119(109)147-89-69-57-45-33-21-31-43-55-67-87-145-117(129)15-5)123(131)149-121-105(133-7)91-101(92-106(121)134-8)77-75-99-71-73-100(74-72-99)76-78-102-93-107(135-9)122(108(94-102)136-10)150-124(132)104-97-111(139-81-61-49-37-25-19-29-41-53-65-85-143-115(127)13-3)120(148-90-70-58-46-34-22-32-44-56-68-88-146-118(130)16-6)112(98-104)140-82-62-50-38-26-20-30-42-54-66-86-144-116(128)14-4/h11-16,71-78,91-98H,1-6,17-70,79-90H2,7-10H3/b77-75+,78-76+. The normalized spacial score (nSPS) is 11.0. The summed E-state index contributed by atoms with van der Waals surface area (Å²) in [5, 5.41) is 0. The summed E-state index contributed by atoms with van der Waals surface area (Å²) < 4.78 is 107. The van der Waals surface area contributed by atoms with Crippen LogP contribution in [0.25, 0.3) is 24.3 Å². The van der Waals surface area contributed by atoms with Gasteiger partial charge in [0.25, 0.3) is 0 Å². The fraction of sp³-hybridized carbons (Fsp3) is 0.565. The molecule has 150 heavy (non-hydrogen) atoms. The maximum atomic E-state index is 14.9. The van der Waals surface area contributed by atoms with Gasteiger partial charge in [-0.25, -0.2) is 38.4 Å². The highest BCUT2D eigenvalue weighted by Crippen LogP contribution is 2.46. The average Bonchev–Trinajstić information content (AvgIpc) is 0.800. The van der Waals surface area contributed by atoms with Gasteiger partial charge in [-0.15, -0.1) is 0 Å². The minimum absolute atomic E-state index is 0.0855. The smallest absolute Gasteiger partial charge is 0.344 e. The molecule has 0 amide bonds. The minimum Gasteiger partial charge on any atom is -0.493 e. The fourth-order valence-corrected chi connectivity index (χ4v) is 16.8. The summed E-state index contributed by atoms with van der Waals surface area (Å²) in [6.07, 6.45) is 68.9. The zero-order valence-electron chi connectivity index (χ0n) is 91.2. The van der Waals surface area contributed by atoms with Gasteiger partial charge in [0.05, 0.1) is 119 Å². The summed E-state index contributed by atoms with van der Waals surface area (Å²) >= 11 is 0. The van der Waals surface area contributed by atoms with Crippen LogP contribution in [-0.4, -0.2) is 155 Å². The Kier molecular flexibility index (Phi) is 73.1. The molecule has 0 saturated heterocycles. The molecule has 0 aliphatic heterocycles. The lowest BCUT2D eigenvalue weighted by Gasteiger charge is -2.19. The Bertz CT molecular complexity index is 4260. The van der Waals surface area contributed by atoms with Crippen molar-refractivity contribution in [2.75, 3.05) is 108 Å². The second-order valence-corrected chi connectivity index (χ2v) is 37.6. The number of benzene rings is 5. The number of hydrogen-bond donors (Lipinski definition) is 0. The monoisotopic (exact) mass is 2080 g/mol.